The number of carboxylic acid groups (broad SMARTS) is 1. The van der Waals surface area contributed by atoms with Crippen LogP contribution >= 0.6 is 23.5 Å². The van der Waals surface area contributed by atoms with Crippen LogP contribution in [0.5, 0.6) is 0 Å². The molecule has 0 spiro atoms. The fourth-order valence-electron chi connectivity index (χ4n) is 4.96. The van der Waals surface area contributed by atoms with Gasteiger partial charge in [0.25, 0.3) is 0 Å². The van der Waals surface area contributed by atoms with Crippen molar-refractivity contribution in [1.29, 1.82) is 0 Å². The third-order valence-electron chi connectivity index (χ3n) is 8.59. The molecule has 0 bridgehead atoms. The average Bonchev–Trinajstić information content (AvgIpc) is 2.94. The van der Waals surface area contributed by atoms with Gasteiger partial charge in [-0.2, -0.15) is 0 Å². The van der Waals surface area contributed by atoms with Crippen molar-refractivity contribution in [2.45, 2.75) is 89.5 Å². The van der Waals surface area contributed by atoms with Gasteiger partial charge in [-0.3, -0.25) is 33.8 Å². The van der Waals surface area contributed by atoms with Crippen LogP contribution in [0.2, 0.25) is 18.1 Å². The summed E-state index contributed by atoms with van der Waals surface area (Å²) in [5.41, 5.74) is -0.123. The molecule has 0 saturated carbocycles. The second-order valence-electron chi connectivity index (χ2n) is 12.7. The summed E-state index contributed by atoms with van der Waals surface area (Å²) in [6.07, 6.45) is -0.934. The molecule has 6 amide bonds. The predicted octanol–water partition coefficient (Wildman–Crippen LogP) is 1.78. The van der Waals surface area contributed by atoms with Crippen molar-refractivity contribution in [3.05, 3.63) is 11.3 Å². The Balaban J connectivity index is 1.97. The molecule has 0 aromatic carbocycles. The van der Waals surface area contributed by atoms with Crippen LogP contribution in [-0.4, -0.2) is 117 Å². The van der Waals surface area contributed by atoms with E-state index in [1.54, 1.807) is 20.8 Å². The monoisotopic (exact) mass is 685 g/mol. The molecule has 3 aliphatic rings. The van der Waals surface area contributed by atoms with E-state index in [2.05, 4.69) is 10.6 Å². The Bertz CT molecular complexity index is 1320. The minimum Gasteiger partial charge on any atom is -0.477 e. The maximum Gasteiger partial charge on any atom is 0.352 e. The standard InChI is InChI=1S/C28H43N5O9S2Si/c1-10-31-11-12-32(24(38)23(31)37)27(41)29-18(15(3)42-45(8,9)28(5,6)7)20(35)30-21(44-16(4)34)17-13-43-25-14(2)22(36)33(25)19(17)26(39)40/h14-15,18,21,25H,10-13H2,1-9H3,(H,29,41)(H,30,35)(H,39,40)/t14-,15-,18+,21?,25+/m0/s1. The number of nitrogens with zero attached hydrogens (tertiary/aromatic N) is 3. The fraction of sp³-hybridized carbons (Fsp3) is 0.679. The quantitative estimate of drug-likeness (QED) is 0.132. The lowest BCUT2D eigenvalue weighted by Gasteiger charge is -2.49. The summed E-state index contributed by atoms with van der Waals surface area (Å²) in [5.74, 6) is -4.64. The number of piperazine rings is 1. The zero-order valence-electron chi connectivity index (χ0n) is 27.1. The summed E-state index contributed by atoms with van der Waals surface area (Å²) in [7, 11) is -2.52. The Kier molecular flexibility index (Phi) is 11.3. The zero-order chi connectivity index (χ0) is 34.2. The lowest BCUT2D eigenvalue weighted by molar-refractivity contribution is -0.153. The van der Waals surface area contributed by atoms with Gasteiger partial charge in [0.15, 0.2) is 13.4 Å². The van der Waals surface area contributed by atoms with Crippen LogP contribution in [-0.2, 0) is 33.2 Å². The van der Waals surface area contributed by atoms with Crippen molar-refractivity contribution in [2.24, 2.45) is 5.92 Å². The fourth-order valence-corrected chi connectivity index (χ4v) is 8.75. The molecule has 3 N–H and O–H groups in total. The number of thioether (sulfide) groups is 2. The molecule has 0 radical (unpaired) electrons. The molecule has 0 aromatic rings. The molecule has 14 nitrogen and oxygen atoms in total. The van der Waals surface area contributed by atoms with E-state index in [-0.39, 0.29) is 52.3 Å². The minimum atomic E-state index is -2.52. The highest BCUT2D eigenvalue weighted by atomic mass is 32.2. The largest absolute Gasteiger partial charge is 0.477 e. The highest BCUT2D eigenvalue weighted by Gasteiger charge is 2.52. The highest BCUT2D eigenvalue weighted by Crippen LogP contribution is 2.45. The SMILES string of the molecule is CCN1CCN(C(=O)N[C@@H](C(=O)NC(SC(C)=O)C2=C(C(=O)O)N3C(=O)[C@H](C)[C@H]3SC2)[C@H](C)O[Si](C)(C)C(C)(C)C)C(=O)C1=O. The zero-order valence-corrected chi connectivity index (χ0v) is 29.7. The number of carbonyl (C=O) groups is 7. The van der Waals surface area contributed by atoms with Gasteiger partial charge in [0.1, 0.15) is 17.1 Å². The first kappa shape index (κ1) is 36.6. The van der Waals surface area contributed by atoms with Crippen LogP contribution < -0.4 is 10.6 Å². The number of aliphatic carboxylic acids is 1. The molecule has 1 unspecified atom stereocenters. The number of likely N-dealkylation sites (N-methyl/N-ethyl adjacent to an activating group) is 1. The number of nitrogens with one attached hydrogen (secondary N) is 2. The maximum absolute atomic E-state index is 14.0. The van der Waals surface area contributed by atoms with Crippen LogP contribution in [0.3, 0.4) is 0 Å². The van der Waals surface area contributed by atoms with Crippen molar-refractivity contribution in [2.75, 3.05) is 25.4 Å². The van der Waals surface area contributed by atoms with Gasteiger partial charge in [-0.05, 0) is 32.0 Å². The average molecular weight is 686 g/mol. The van der Waals surface area contributed by atoms with E-state index < -0.39 is 60.7 Å². The number of urea groups is 1. The van der Waals surface area contributed by atoms with Crippen molar-refractivity contribution >= 4 is 72.6 Å². The molecule has 2 saturated heterocycles. The van der Waals surface area contributed by atoms with Gasteiger partial charge in [0, 0.05) is 37.9 Å². The lowest BCUT2D eigenvalue weighted by Crippen LogP contribution is -2.64. The summed E-state index contributed by atoms with van der Waals surface area (Å²) in [5, 5.41) is 13.1. The molecule has 0 aliphatic carbocycles. The minimum absolute atomic E-state index is 0.0750. The number of carbonyl (C=O) groups excluding carboxylic acids is 6. The summed E-state index contributed by atoms with van der Waals surface area (Å²) in [6.45, 7) is 16.6. The van der Waals surface area contributed by atoms with Gasteiger partial charge in [-0.1, -0.05) is 39.5 Å². The van der Waals surface area contributed by atoms with Crippen LogP contribution in [0.4, 0.5) is 4.79 Å². The van der Waals surface area contributed by atoms with Crippen molar-refractivity contribution in [3.63, 3.8) is 0 Å². The Labute approximate surface area is 272 Å². The summed E-state index contributed by atoms with van der Waals surface area (Å²) in [4.78, 5) is 93.2. The first-order valence-electron chi connectivity index (χ1n) is 14.7. The first-order chi connectivity index (χ1) is 20.7. The van der Waals surface area contributed by atoms with Crippen molar-refractivity contribution < 1.29 is 43.1 Å². The van der Waals surface area contributed by atoms with Crippen LogP contribution in [0.1, 0.15) is 48.5 Å². The lowest BCUT2D eigenvalue weighted by atomic mass is 9.97. The van der Waals surface area contributed by atoms with Gasteiger partial charge >= 0.3 is 23.8 Å². The normalized spacial score (nSPS) is 22.8. The Hall–Kier alpha value is -2.89. The smallest absolute Gasteiger partial charge is 0.352 e. The molecular weight excluding hydrogens is 643 g/mol. The van der Waals surface area contributed by atoms with Crippen molar-refractivity contribution in [1.82, 2.24) is 25.3 Å². The topological polar surface area (TPSA) is 183 Å². The number of β-lactam (4-membered cyclic amide) rings is 1. The molecule has 17 heteroatoms. The van der Waals surface area contributed by atoms with E-state index in [1.807, 2.05) is 33.9 Å². The van der Waals surface area contributed by atoms with E-state index >= 15 is 0 Å². The number of hydrogen-bond donors (Lipinski definition) is 3. The van der Waals surface area contributed by atoms with Gasteiger partial charge in [-0.25, -0.2) is 9.59 Å². The molecule has 5 atom stereocenters. The van der Waals surface area contributed by atoms with Crippen LogP contribution in [0.25, 0.3) is 0 Å². The molecule has 3 heterocycles. The molecule has 0 aromatic heterocycles. The molecular formula is C28H43N5O9S2Si. The van der Waals surface area contributed by atoms with E-state index in [4.69, 9.17) is 4.43 Å². The van der Waals surface area contributed by atoms with Crippen LogP contribution in [0, 0.1) is 5.92 Å². The van der Waals surface area contributed by atoms with E-state index in [0.29, 0.717) is 18.3 Å². The van der Waals surface area contributed by atoms with E-state index in [9.17, 15) is 38.7 Å². The predicted molar refractivity (Wildman–Crippen MR) is 171 cm³/mol. The number of hydrogen-bond acceptors (Lipinski definition) is 10. The summed E-state index contributed by atoms with van der Waals surface area (Å²) >= 11 is 2.01. The van der Waals surface area contributed by atoms with E-state index in [1.165, 1.54) is 28.5 Å². The van der Waals surface area contributed by atoms with Gasteiger partial charge in [0.05, 0.1) is 17.4 Å². The second-order valence-corrected chi connectivity index (χ2v) is 19.9. The molecule has 2 fully saturated rings. The summed E-state index contributed by atoms with van der Waals surface area (Å²) in [6, 6.07) is -2.37. The third-order valence-corrected chi connectivity index (χ3v) is 15.6. The van der Waals surface area contributed by atoms with Gasteiger partial charge < -0.3 is 25.1 Å². The van der Waals surface area contributed by atoms with Gasteiger partial charge in [-0.15, -0.1) is 11.8 Å². The van der Waals surface area contributed by atoms with Crippen LogP contribution in [0.15, 0.2) is 11.3 Å². The Morgan fingerprint density at radius 1 is 1.11 bits per heavy atom. The first-order valence-corrected chi connectivity index (χ1v) is 19.5. The molecule has 250 valence electrons. The highest BCUT2D eigenvalue weighted by molar-refractivity contribution is 8.14. The Morgan fingerprint density at radius 3 is 2.27 bits per heavy atom. The Morgan fingerprint density at radius 2 is 1.73 bits per heavy atom. The number of carboxylic acids is 1. The molecule has 45 heavy (non-hydrogen) atoms. The van der Waals surface area contributed by atoms with E-state index in [0.717, 1.165) is 4.90 Å². The summed E-state index contributed by atoms with van der Waals surface area (Å²) < 4.78 is 6.44. The number of rotatable bonds is 10. The van der Waals surface area contributed by atoms with Crippen molar-refractivity contribution in [3.8, 4) is 0 Å². The number of fused-ring (bicyclic) bond motifs is 1. The maximum atomic E-state index is 14.0. The van der Waals surface area contributed by atoms with Gasteiger partial charge in [0.2, 0.25) is 11.8 Å². The second kappa shape index (κ2) is 13.8. The number of amides is 6. The number of imide groups is 1. The molecule has 3 aliphatic heterocycles. The molecule has 3 rings (SSSR count). The third kappa shape index (κ3) is 7.57.